The molecule has 5 nitrogen and oxygen atoms in total. The average Bonchev–Trinajstić information content (AvgIpc) is 2.52. The van der Waals surface area contributed by atoms with E-state index in [2.05, 4.69) is 31.4 Å². The van der Waals surface area contributed by atoms with Gasteiger partial charge < -0.3 is 20.5 Å². The van der Waals surface area contributed by atoms with Crippen molar-refractivity contribution in [1.82, 2.24) is 10.6 Å². The average molecular weight is 244 g/mol. The number of nitrogens with one attached hydrogen (secondary N) is 2. The molecule has 0 bridgehead atoms. The number of aliphatic hydroxyl groups excluding tert-OH is 1. The molecule has 0 unspecified atom stereocenters. The third-order valence-corrected chi connectivity index (χ3v) is 2.73. The van der Waals surface area contributed by atoms with E-state index < -0.39 is 6.10 Å². The molecule has 1 fully saturated rings. The first-order chi connectivity index (χ1) is 7.79. The molecule has 1 aliphatic heterocycles. The minimum atomic E-state index is -0.566. The normalized spacial score (nSPS) is 29.4. The first kappa shape index (κ1) is 14.4. The molecule has 17 heavy (non-hydrogen) atoms. The molecule has 0 aromatic carbocycles. The quantitative estimate of drug-likeness (QED) is 0.645. The maximum atomic E-state index is 10.8. The second-order valence-corrected chi connectivity index (χ2v) is 5.85. The van der Waals surface area contributed by atoms with Crippen LogP contribution in [0, 0.1) is 5.41 Å². The van der Waals surface area contributed by atoms with E-state index in [4.69, 9.17) is 4.74 Å². The summed E-state index contributed by atoms with van der Waals surface area (Å²) in [6, 6.07) is -0.0482. The highest BCUT2D eigenvalue weighted by atomic mass is 16.5. The Labute approximate surface area is 103 Å². The second kappa shape index (κ2) is 5.80. The van der Waals surface area contributed by atoms with Crippen molar-refractivity contribution >= 4 is 5.91 Å². The first-order valence-electron chi connectivity index (χ1n) is 6.07. The highest BCUT2D eigenvalue weighted by Gasteiger charge is 2.35. The summed E-state index contributed by atoms with van der Waals surface area (Å²) in [6.07, 6.45) is -0.874. The number of amides is 1. The summed E-state index contributed by atoms with van der Waals surface area (Å²) in [5.41, 5.74) is 0.176. The minimum Gasteiger partial charge on any atom is -0.389 e. The summed E-state index contributed by atoms with van der Waals surface area (Å²) in [6.45, 7) is 9.54. The van der Waals surface area contributed by atoms with Crippen molar-refractivity contribution in [1.29, 1.82) is 0 Å². The van der Waals surface area contributed by atoms with Gasteiger partial charge in [0, 0.05) is 20.0 Å². The van der Waals surface area contributed by atoms with Gasteiger partial charge in [-0.2, -0.15) is 0 Å². The van der Waals surface area contributed by atoms with Crippen LogP contribution in [0.2, 0.25) is 0 Å². The van der Waals surface area contributed by atoms with Crippen molar-refractivity contribution in [2.75, 3.05) is 19.7 Å². The number of carbonyl (C=O) groups is 1. The largest absolute Gasteiger partial charge is 0.389 e. The van der Waals surface area contributed by atoms with Gasteiger partial charge in [0.2, 0.25) is 5.91 Å². The van der Waals surface area contributed by atoms with Crippen LogP contribution < -0.4 is 10.6 Å². The van der Waals surface area contributed by atoms with Crippen LogP contribution in [0.3, 0.4) is 0 Å². The zero-order valence-electron chi connectivity index (χ0n) is 11.1. The number of hydrogen-bond donors (Lipinski definition) is 3. The van der Waals surface area contributed by atoms with Crippen molar-refractivity contribution in [2.45, 2.75) is 45.9 Å². The Bertz CT molecular complexity index is 263. The molecule has 0 aliphatic carbocycles. The third-order valence-electron chi connectivity index (χ3n) is 2.73. The van der Waals surface area contributed by atoms with Crippen LogP contribution in [0.5, 0.6) is 0 Å². The van der Waals surface area contributed by atoms with E-state index in [9.17, 15) is 9.90 Å². The molecule has 1 amide bonds. The van der Waals surface area contributed by atoms with Gasteiger partial charge in [0.1, 0.15) is 6.10 Å². The third kappa shape index (κ3) is 5.02. The van der Waals surface area contributed by atoms with E-state index >= 15 is 0 Å². The van der Waals surface area contributed by atoms with Crippen LogP contribution in [-0.2, 0) is 9.53 Å². The summed E-state index contributed by atoms with van der Waals surface area (Å²) in [7, 11) is 0. The molecule has 1 saturated heterocycles. The fourth-order valence-electron chi connectivity index (χ4n) is 1.72. The molecule has 1 rings (SSSR count). The molecule has 0 spiro atoms. The van der Waals surface area contributed by atoms with E-state index in [0.29, 0.717) is 13.2 Å². The van der Waals surface area contributed by atoms with Gasteiger partial charge in [-0.15, -0.1) is 0 Å². The lowest BCUT2D eigenvalue weighted by Gasteiger charge is -2.24. The highest BCUT2D eigenvalue weighted by molar-refractivity contribution is 5.72. The number of ether oxygens (including phenoxy) is 1. The zero-order valence-corrected chi connectivity index (χ0v) is 11.1. The van der Waals surface area contributed by atoms with Crippen molar-refractivity contribution in [2.24, 2.45) is 5.41 Å². The number of hydrogen-bond acceptors (Lipinski definition) is 4. The molecular formula is C12H24N2O3. The van der Waals surface area contributed by atoms with Gasteiger partial charge in [0.05, 0.1) is 18.8 Å². The summed E-state index contributed by atoms with van der Waals surface area (Å²) < 4.78 is 5.47. The lowest BCUT2D eigenvalue weighted by molar-refractivity contribution is -0.119. The highest BCUT2D eigenvalue weighted by Crippen LogP contribution is 2.16. The molecular weight excluding hydrogens is 220 g/mol. The lowest BCUT2D eigenvalue weighted by Crippen LogP contribution is -2.46. The Morgan fingerprint density at radius 3 is 2.65 bits per heavy atom. The molecule has 0 saturated carbocycles. The fraction of sp³-hybridized carbons (Fsp3) is 0.917. The van der Waals surface area contributed by atoms with Gasteiger partial charge in [-0.1, -0.05) is 20.8 Å². The number of rotatable bonds is 4. The predicted molar refractivity (Wildman–Crippen MR) is 65.7 cm³/mol. The monoisotopic (exact) mass is 244 g/mol. The number of carbonyl (C=O) groups excluding carboxylic acids is 1. The van der Waals surface area contributed by atoms with E-state index in [1.54, 1.807) is 0 Å². The van der Waals surface area contributed by atoms with Crippen LogP contribution in [0.15, 0.2) is 0 Å². The fourth-order valence-corrected chi connectivity index (χ4v) is 1.72. The molecule has 3 N–H and O–H groups in total. The molecule has 5 heteroatoms. The summed E-state index contributed by atoms with van der Waals surface area (Å²) >= 11 is 0. The van der Waals surface area contributed by atoms with Crippen molar-refractivity contribution in [3.05, 3.63) is 0 Å². The molecule has 0 aromatic rings. The van der Waals surface area contributed by atoms with Crippen molar-refractivity contribution in [3.8, 4) is 0 Å². The molecule has 1 heterocycles. The topological polar surface area (TPSA) is 70.6 Å². The maximum Gasteiger partial charge on any atom is 0.216 e. The van der Waals surface area contributed by atoms with Gasteiger partial charge in [0.15, 0.2) is 0 Å². The van der Waals surface area contributed by atoms with Gasteiger partial charge >= 0.3 is 0 Å². The standard InChI is InChI=1S/C12H24N2O3/c1-8(15)13-5-10-11(16)9(6-17-10)14-7-12(2,3)4/h9-11,14,16H,5-7H2,1-4H3,(H,13,15)/t9-,10-,11+/m1/s1. The van der Waals surface area contributed by atoms with E-state index in [1.807, 2.05) is 0 Å². The Morgan fingerprint density at radius 1 is 1.47 bits per heavy atom. The van der Waals surface area contributed by atoms with E-state index in [0.717, 1.165) is 6.54 Å². The van der Waals surface area contributed by atoms with Gasteiger partial charge in [0.25, 0.3) is 0 Å². The van der Waals surface area contributed by atoms with Gasteiger partial charge in [-0.25, -0.2) is 0 Å². The van der Waals surface area contributed by atoms with Crippen LogP contribution in [0.4, 0.5) is 0 Å². The Kier molecular flexibility index (Phi) is 4.91. The van der Waals surface area contributed by atoms with E-state index in [-0.39, 0.29) is 23.5 Å². The minimum absolute atomic E-state index is 0.0482. The number of aliphatic hydroxyl groups is 1. The smallest absolute Gasteiger partial charge is 0.216 e. The summed E-state index contributed by atoms with van der Waals surface area (Å²) in [4.78, 5) is 10.8. The van der Waals surface area contributed by atoms with Gasteiger partial charge in [-0.05, 0) is 5.41 Å². The Balaban J connectivity index is 2.33. The van der Waals surface area contributed by atoms with Crippen LogP contribution in [0.25, 0.3) is 0 Å². The first-order valence-corrected chi connectivity index (χ1v) is 6.07. The zero-order chi connectivity index (χ0) is 13.1. The second-order valence-electron chi connectivity index (χ2n) is 5.85. The summed E-state index contributed by atoms with van der Waals surface area (Å²) in [5.74, 6) is -0.105. The summed E-state index contributed by atoms with van der Waals surface area (Å²) in [5, 5.41) is 16.0. The van der Waals surface area contributed by atoms with Crippen LogP contribution >= 0.6 is 0 Å². The Morgan fingerprint density at radius 2 is 2.12 bits per heavy atom. The Hall–Kier alpha value is -0.650. The molecule has 0 radical (unpaired) electrons. The molecule has 100 valence electrons. The molecule has 1 aliphatic rings. The van der Waals surface area contributed by atoms with Crippen molar-refractivity contribution < 1.29 is 14.6 Å². The molecule has 0 aromatic heterocycles. The van der Waals surface area contributed by atoms with Gasteiger partial charge in [-0.3, -0.25) is 4.79 Å². The lowest BCUT2D eigenvalue weighted by atomic mass is 9.96. The molecule has 3 atom stereocenters. The predicted octanol–water partition coefficient (Wildman–Crippen LogP) is -0.113. The van der Waals surface area contributed by atoms with E-state index in [1.165, 1.54) is 6.92 Å². The van der Waals surface area contributed by atoms with Crippen molar-refractivity contribution in [3.63, 3.8) is 0 Å². The van der Waals surface area contributed by atoms with Crippen LogP contribution in [-0.4, -0.2) is 49.0 Å². The van der Waals surface area contributed by atoms with Crippen LogP contribution in [0.1, 0.15) is 27.7 Å². The maximum absolute atomic E-state index is 10.8. The SMILES string of the molecule is CC(=O)NC[C@H]1OC[C@@H](NCC(C)(C)C)[C@@H]1O.